The van der Waals surface area contributed by atoms with Crippen LogP contribution in [-0.2, 0) is 12.4 Å². The van der Waals surface area contributed by atoms with Gasteiger partial charge in [0.1, 0.15) is 0 Å². The third-order valence-corrected chi connectivity index (χ3v) is 2.74. The monoisotopic (exact) mass is 342 g/mol. The van der Waals surface area contributed by atoms with Gasteiger partial charge in [0.15, 0.2) is 23.1 Å². The first-order chi connectivity index (χ1) is 10.5. The molecule has 0 amide bonds. The standard InChI is InChI=1S/C14H6F8O/c15-9-3-1-7(13(17,18)19)5-11(9)23-12-6-8(14(20,21)22)2-4-10(12)16/h1-6H. The van der Waals surface area contributed by atoms with Crippen LogP contribution in [0.25, 0.3) is 0 Å². The number of ether oxygens (including phenoxy) is 1. The molecular formula is C14H6F8O. The Morgan fingerprint density at radius 2 is 0.957 bits per heavy atom. The second kappa shape index (κ2) is 5.71. The van der Waals surface area contributed by atoms with E-state index in [1.54, 1.807) is 0 Å². The Bertz CT molecular complexity index is 656. The molecule has 124 valence electrons. The van der Waals surface area contributed by atoms with Gasteiger partial charge in [-0.25, -0.2) is 8.78 Å². The largest absolute Gasteiger partial charge is 0.451 e. The van der Waals surface area contributed by atoms with Crippen LogP contribution in [0.5, 0.6) is 11.5 Å². The van der Waals surface area contributed by atoms with Gasteiger partial charge in [-0.2, -0.15) is 26.3 Å². The normalized spacial score (nSPS) is 12.3. The van der Waals surface area contributed by atoms with Crippen LogP contribution in [0.2, 0.25) is 0 Å². The van der Waals surface area contributed by atoms with E-state index in [-0.39, 0.29) is 12.1 Å². The maximum absolute atomic E-state index is 13.5. The summed E-state index contributed by atoms with van der Waals surface area (Å²) in [5.41, 5.74) is -2.58. The van der Waals surface area contributed by atoms with Crippen molar-refractivity contribution in [3.05, 3.63) is 59.2 Å². The Balaban J connectivity index is 2.43. The summed E-state index contributed by atoms with van der Waals surface area (Å²) < 4.78 is 107. The fourth-order valence-electron chi connectivity index (χ4n) is 1.63. The number of hydrogen-bond donors (Lipinski definition) is 0. The zero-order valence-electron chi connectivity index (χ0n) is 10.9. The lowest BCUT2D eigenvalue weighted by Crippen LogP contribution is -2.07. The van der Waals surface area contributed by atoms with E-state index in [0.29, 0.717) is 24.3 Å². The molecule has 0 saturated carbocycles. The van der Waals surface area contributed by atoms with Crippen LogP contribution in [0.15, 0.2) is 36.4 Å². The van der Waals surface area contributed by atoms with Crippen molar-refractivity contribution in [3.8, 4) is 11.5 Å². The van der Waals surface area contributed by atoms with Gasteiger partial charge in [-0.15, -0.1) is 0 Å². The molecule has 0 bridgehead atoms. The SMILES string of the molecule is Fc1ccc(C(F)(F)F)cc1Oc1cc(C(F)(F)F)ccc1F. The van der Waals surface area contributed by atoms with E-state index in [1.807, 2.05) is 0 Å². The van der Waals surface area contributed by atoms with E-state index < -0.39 is 46.6 Å². The summed E-state index contributed by atoms with van der Waals surface area (Å²) in [5, 5.41) is 0. The fourth-order valence-corrected chi connectivity index (χ4v) is 1.63. The van der Waals surface area contributed by atoms with Crippen molar-refractivity contribution in [2.45, 2.75) is 12.4 Å². The minimum absolute atomic E-state index is 0.231. The first-order valence-electron chi connectivity index (χ1n) is 5.90. The van der Waals surface area contributed by atoms with Crippen molar-refractivity contribution in [3.63, 3.8) is 0 Å². The van der Waals surface area contributed by atoms with Gasteiger partial charge >= 0.3 is 12.4 Å². The van der Waals surface area contributed by atoms with Crippen LogP contribution < -0.4 is 4.74 Å². The van der Waals surface area contributed by atoms with Crippen LogP contribution >= 0.6 is 0 Å². The molecule has 0 unspecified atom stereocenters. The Morgan fingerprint density at radius 3 is 1.26 bits per heavy atom. The molecule has 0 N–H and O–H groups in total. The van der Waals surface area contributed by atoms with Crippen molar-refractivity contribution >= 4 is 0 Å². The highest BCUT2D eigenvalue weighted by molar-refractivity contribution is 5.39. The van der Waals surface area contributed by atoms with Crippen LogP contribution in [0, 0.1) is 11.6 Å². The van der Waals surface area contributed by atoms with Gasteiger partial charge in [0.2, 0.25) is 0 Å². The Labute approximate surface area is 124 Å². The van der Waals surface area contributed by atoms with Crippen LogP contribution in [0.1, 0.15) is 11.1 Å². The van der Waals surface area contributed by atoms with E-state index in [1.165, 1.54) is 0 Å². The molecule has 1 nitrogen and oxygen atoms in total. The zero-order chi connectivity index (χ0) is 17.4. The lowest BCUT2D eigenvalue weighted by molar-refractivity contribution is -0.138. The number of hydrogen-bond acceptors (Lipinski definition) is 1. The molecular weight excluding hydrogens is 336 g/mol. The van der Waals surface area contributed by atoms with E-state index in [2.05, 4.69) is 4.74 Å². The molecule has 2 aromatic rings. The Morgan fingerprint density at radius 1 is 0.609 bits per heavy atom. The second-order valence-corrected chi connectivity index (χ2v) is 4.39. The Kier molecular flexibility index (Phi) is 4.23. The summed E-state index contributed by atoms with van der Waals surface area (Å²) in [4.78, 5) is 0. The van der Waals surface area contributed by atoms with Gasteiger partial charge < -0.3 is 4.74 Å². The second-order valence-electron chi connectivity index (χ2n) is 4.39. The fraction of sp³-hybridized carbons (Fsp3) is 0.143. The molecule has 0 spiro atoms. The zero-order valence-corrected chi connectivity index (χ0v) is 10.9. The van der Waals surface area contributed by atoms with Crippen molar-refractivity contribution < 1.29 is 39.9 Å². The van der Waals surface area contributed by atoms with E-state index in [9.17, 15) is 35.1 Å². The molecule has 2 rings (SSSR count). The lowest BCUT2D eigenvalue weighted by atomic mass is 10.2. The van der Waals surface area contributed by atoms with Crippen molar-refractivity contribution in [2.75, 3.05) is 0 Å². The van der Waals surface area contributed by atoms with Gasteiger partial charge in [0.05, 0.1) is 11.1 Å². The summed E-state index contributed by atoms with van der Waals surface area (Å²) in [6.45, 7) is 0. The number of rotatable bonds is 2. The molecule has 0 fully saturated rings. The third kappa shape index (κ3) is 3.91. The maximum atomic E-state index is 13.5. The highest BCUT2D eigenvalue weighted by Crippen LogP contribution is 2.37. The van der Waals surface area contributed by atoms with Crippen molar-refractivity contribution in [1.82, 2.24) is 0 Å². The summed E-state index contributed by atoms with van der Waals surface area (Å²) in [7, 11) is 0. The molecule has 2 aromatic carbocycles. The molecule has 0 aliphatic rings. The molecule has 0 aliphatic carbocycles. The topological polar surface area (TPSA) is 9.23 Å². The number of halogens is 8. The quantitative estimate of drug-likeness (QED) is 0.627. The van der Waals surface area contributed by atoms with Crippen LogP contribution in [-0.4, -0.2) is 0 Å². The predicted molar refractivity (Wildman–Crippen MR) is 62.9 cm³/mol. The first-order valence-corrected chi connectivity index (χ1v) is 5.90. The molecule has 0 atom stereocenters. The molecule has 9 heteroatoms. The summed E-state index contributed by atoms with van der Waals surface area (Å²) in [6, 6.07) is 2.15. The highest BCUT2D eigenvalue weighted by atomic mass is 19.4. The molecule has 0 aromatic heterocycles. The minimum atomic E-state index is -4.82. The van der Waals surface area contributed by atoms with Crippen LogP contribution in [0.4, 0.5) is 35.1 Å². The van der Waals surface area contributed by atoms with Crippen molar-refractivity contribution in [2.24, 2.45) is 0 Å². The summed E-state index contributed by atoms with van der Waals surface area (Å²) in [5.74, 6) is -4.65. The van der Waals surface area contributed by atoms with E-state index >= 15 is 0 Å². The average molecular weight is 342 g/mol. The molecule has 0 saturated heterocycles. The van der Waals surface area contributed by atoms with Gasteiger partial charge in [0.25, 0.3) is 0 Å². The van der Waals surface area contributed by atoms with Gasteiger partial charge in [-0.05, 0) is 36.4 Å². The van der Waals surface area contributed by atoms with E-state index in [4.69, 9.17) is 0 Å². The number of alkyl halides is 6. The predicted octanol–water partition coefficient (Wildman–Crippen LogP) is 5.79. The molecule has 23 heavy (non-hydrogen) atoms. The smallest absolute Gasteiger partial charge is 0.416 e. The summed E-state index contributed by atoms with van der Waals surface area (Å²) in [6.07, 6.45) is -9.64. The average Bonchev–Trinajstić information content (AvgIpc) is 2.41. The van der Waals surface area contributed by atoms with Gasteiger partial charge in [0, 0.05) is 0 Å². The van der Waals surface area contributed by atoms with Crippen molar-refractivity contribution in [1.29, 1.82) is 0 Å². The highest BCUT2D eigenvalue weighted by Gasteiger charge is 2.33. The third-order valence-electron chi connectivity index (χ3n) is 2.74. The molecule has 0 radical (unpaired) electrons. The van der Waals surface area contributed by atoms with Crippen LogP contribution in [0.3, 0.4) is 0 Å². The van der Waals surface area contributed by atoms with Gasteiger partial charge in [-0.3, -0.25) is 0 Å². The van der Waals surface area contributed by atoms with E-state index in [0.717, 1.165) is 0 Å². The molecule has 0 aliphatic heterocycles. The van der Waals surface area contributed by atoms with Gasteiger partial charge in [-0.1, -0.05) is 0 Å². The minimum Gasteiger partial charge on any atom is -0.451 e. The summed E-state index contributed by atoms with van der Waals surface area (Å²) >= 11 is 0. The Hall–Kier alpha value is -2.32. The molecule has 0 heterocycles. The lowest BCUT2D eigenvalue weighted by Gasteiger charge is -2.13. The maximum Gasteiger partial charge on any atom is 0.416 e. The number of benzene rings is 2. The first kappa shape index (κ1) is 17.0.